The van der Waals surface area contributed by atoms with Crippen LogP contribution in [-0.4, -0.2) is 21.0 Å². The predicted molar refractivity (Wildman–Crippen MR) is 124 cm³/mol. The first-order chi connectivity index (χ1) is 15.4. The van der Waals surface area contributed by atoms with Gasteiger partial charge in [-0.25, -0.2) is 0 Å². The zero-order valence-corrected chi connectivity index (χ0v) is 18.3. The van der Waals surface area contributed by atoms with Crippen molar-refractivity contribution in [3.8, 4) is 11.3 Å². The number of hydrogen-bond acceptors (Lipinski definition) is 7. The predicted octanol–water partition coefficient (Wildman–Crippen LogP) is 6.35. The third kappa shape index (κ3) is 4.86. The molecule has 2 aromatic carbocycles. The summed E-state index contributed by atoms with van der Waals surface area (Å²) in [6, 6.07) is 16.4. The second-order valence-corrected chi connectivity index (χ2v) is 8.14. The Morgan fingerprint density at radius 1 is 1.09 bits per heavy atom. The Morgan fingerprint density at radius 2 is 1.84 bits per heavy atom. The fraction of sp³-hybridized carbons (Fsp3) is 0. The van der Waals surface area contributed by atoms with Crippen LogP contribution in [0, 0.1) is 10.1 Å². The zero-order chi connectivity index (χ0) is 22.7. The highest BCUT2D eigenvalue weighted by Crippen LogP contribution is 2.33. The van der Waals surface area contributed by atoms with Crippen molar-refractivity contribution in [2.24, 2.45) is 0 Å². The lowest BCUT2D eigenvalue weighted by Crippen LogP contribution is -2.11. The monoisotopic (exact) mass is 486 g/mol. The molecule has 0 aliphatic carbocycles. The van der Waals surface area contributed by atoms with Crippen molar-refractivity contribution in [2.75, 3.05) is 5.32 Å². The van der Waals surface area contributed by atoms with Gasteiger partial charge in [0.25, 0.3) is 11.6 Å². The van der Waals surface area contributed by atoms with Gasteiger partial charge < -0.3 is 9.73 Å². The minimum Gasteiger partial charge on any atom is -0.457 e. The summed E-state index contributed by atoms with van der Waals surface area (Å²) in [5.41, 5.74) is 1.03. The van der Waals surface area contributed by atoms with E-state index in [0.717, 1.165) is 11.3 Å². The Morgan fingerprint density at radius 3 is 2.56 bits per heavy atom. The van der Waals surface area contributed by atoms with Gasteiger partial charge in [0.15, 0.2) is 5.01 Å². The minimum atomic E-state index is -0.526. The van der Waals surface area contributed by atoms with E-state index in [-0.39, 0.29) is 20.7 Å². The molecule has 1 amide bonds. The molecule has 0 spiro atoms. The van der Waals surface area contributed by atoms with E-state index in [0.29, 0.717) is 27.8 Å². The fourth-order valence-electron chi connectivity index (χ4n) is 2.70. The van der Waals surface area contributed by atoms with Gasteiger partial charge in [-0.05, 0) is 30.3 Å². The lowest BCUT2D eigenvalue weighted by molar-refractivity contribution is -0.384. The van der Waals surface area contributed by atoms with Gasteiger partial charge in [-0.3, -0.25) is 14.9 Å². The number of anilines is 1. The Balaban J connectivity index is 1.50. The summed E-state index contributed by atoms with van der Waals surface area (Å²) in [4.78, 5) is 22.7. The smallest absolute Gasteiger partial charge is 0.286 e. The maximum Gasteiger partial charge on any atom is 0.286 e. The van der Waals surface area contributed by atoms with Crippen LogP contribution in [0.3, 0.4) is 0 Å². The molecule has 4 rings (SSSR count). The molecule has 0 aliphatic heterocycles. The molecule has 0 unspecified atom stereocenters. The molecular weight excluding hydrogens is 475 g/mol. The Kier molecular flexibility index (Phi) is 6.31. The van der Waals surface area contributed by atoms with Gasteiger partial charge in [-0.2, -0.15) is 0 Å². The van der Waals surface area contributed by atoms with E-state index in [4.69, 9.17) is 27.6 Å². The first kappa shape index (κ1) is 21.7. The van der Waals surface area contributed by atoms with Gasteiger partial charge in [0.05, 0.1) is 15.0 Å². The number of benzene rings is 2. The van der Waals surface area contributed by atoms with Crippen LogP contribution in [0.25, 0.3) is 22.4 Å². The molecule has 2 heterocycles. The summed E-state index contributed by atoms with van der Waals surface area (Å²) in [7, 11) is 0. The number of aromatic nitrogens is 2. The second kappa shape index (κ2) is 9.31. The number of carbonyl (C=O) groups excluding carboxylic acids is 1. The molecule has 160 valence electrons. The summed E-state index contributed by atoms with van der Waals surface area (Å²) in [6.45, 7) is 0. The number of amides is 1. The molecule has 11 heteroatoms. The average Bonchev–Trinajstić information content (AvgIpc) is 3.44. The van der Waals surface area contributed by atoms with Gasteiger partial charge >= 0.3 is 0 Å². The molecule has 0 aliphatic rings. The first-order valence-corrected chi connectivity index (χ1v) is 10.6. The number of hydrogen-bond donors (Lipinski definition) is 1. The third-order valence-corrected chi connectivity index (χ3v) is 5.85. The highest BCUT2D eigenvalue weighted by molar-refractivity contribution is 7.15. The van der Waals surface area contributed by atoms with Crippen LogP contribution in [0.4, 0.5) is 11.4 Å². The topological polar surface area (TPSA) is 111 Å². The number of halogens is 2. The number of nitrogens with one attached hydrogen (secondary N) is 1. The summed E-state index contributed by atoms with van der Waals surface area (Å²) >= 11 is 13.5. The summed E-state index contributed by atoms with van der Waals surface area (Å²) < 4.78 is 5.74. The van der Waals surface area contributed by atoms with E-state index in [1.54, 1.807) is 24.3 Å². The molecule has 8 nitrogen and oxygen atoms in total. The largest absolute Gasteiger partial charge is 0.457 e. The van der Waals surface area contributed by atoms with Crippen molar-refractivity contribution < 1.29 is 14.1 Å². The molecule has 0 radical (unpaired) electrons. The molecule has 0 fully saturated rings. The molecule has 0 saturated carbocycles. The van der Waals surface area contributed by atoms with Crippen molar-refractivity contribution in [3.05, 3.63) is 91.6 Å². The van der Waals surface area contributed by atoms with Gasteiger partial charge in [0, 0.05) is 29.5 Å². The molecule has 0 saturated heterocycles. The van der Waals surface area contributed by atoms with Crippen LogP contribution in [-0.2, 0) is 0 Å². The lowest BCUT2D eigenvalue weighted by Gasteiger charge is -2.00. The van der Waals surface area contributed by atoms with Crippen LogP contribution in [0.15, 0.2) is 65.1 Å². The number of nitro benzene ring substituents is 1. The Labute approximate surface area is 195 Å². The van der Waals surface area contributed by atoms with Crippen LogP contribution < -0.4 is 5.32 Å². The van der Waals surface area contributed by atoms with Crippen molar-refractivity contribution in [1.82, 2.24) is 10.2 Å². The van der Waals surface area contributed by atoms with Crippen LogP contribution in [0.5, 0.6) is 0 Å². The van der Waals surface area contributed by atoms with Crippen molar-refractivity contribution in [3.63, 3.8) is 0 Å². The van der Waals surface area contributed by atoms with Gasteiger partial charge in [0.1, 0.15) is 11.5 Å². The number of furan rings is 1. The van der Waals surface area contributed by atoms with E-state index < -0.39 is 10.8 Å². The highest BCUT2D eigenvalue weighted by atomic mass is 35.5. The van der Waals surface area contributed by atoms with Crippen LogP contribution in [0.2, 0.25) is 5.02 Å². The summed E-state index contributed by atoms with van der Waals surface area (Å²) in [5, 5.41) is 22.4. The highest BCUT2D eigenvalue weighted by Gasteiger charge is 2.16. The standard InChI is InChI=1S/C21H12Cl2N4O4S/c22-16-10-13(27(29)30)6-8-15(16)18-9-7-14(31-18)11-17(23)20-25-26-21(32-20)19(28)24-12-4-2-1-3-5-12/h1-11H,(H,24,28)/b17-11-. The molecule has 1 N–H and O–H groups in total. The van der Waals surface area contributed by atoms with Crippen molar-refractivity contribution in [2.45, 2.75) is 0 Å². The van der Waals surface area contributed by atoms with Gasteiger partial charge in [-0.15, -0.1) is 10.2 Å². The van der Waals surface area contributed by atoms with Gasteiger partial charge in [0.2, 0.25) is 5.01 Å². The Bertz CT molecular complexity index is 1330. The Hall–Kier alpha value is -3.53. The van der Waals surface area contributed by atoms with E-state index >= 15 is 0 Å². The molecule has 0 bridgehead atoms. The van der Waals surface area contributed by atoms with E-state index in [2.05, 4.69) is 15.5 Å². The lowest BCUT2D eigenvalue weighted by atomic mass is 10.1. The third-order valence-electron chi connectivity index (χ3n) is 4.18. The van der Waals surface area contributed by atoms with Crippen molar-refractivity contribution in [1.29, 1.82) is 0 Å². The summed E-state index contributed by atoms with van der Waals surface area (Å²) in [6.07, 6.45) is 1.53. The quantitative estimate of drug-likeness (QED) is 0.251. The molecule has 32 heavy (non-hydrogen) atoms. The number of carbonyl (C=O) groups is 1. The minimum absolute atomic E-state index is 0.114. The normalized spacial score (nSPS) is 11.4. The number of nitrogens with zero attached hydrogens (tertiary/aromatic N) is 3. The number of para-hydroxylation sites is 1. The van der Waals surface area contributed by atoms with E-state index in [9.17, 15) is 14.9 Å². The summed E-state index contributed by atoms with van der Waals surface area (Å²) in [5.74, 6) is 0.434. The number of rotatable bonds is 6. The first-order valence-electron chi connectivity index (χ1n) is 9.02. The van der Waals surface area contributed by atoms with Gasteiger partial charge in [-0.1, -0.05) is 52.7 Å². The maximum atomic E-state index is 12.3. The molecule has 4 aromatic rings. The maximum absolute atomic E-state index is 12.3. The zero-order valence-electron chi connectivity index (χ0n) is 16.0. The average molecular weight is 487 g/mol. The molecule has 2 aromatic heterocycles. The van der Waals surface area contributed by atoms with E-state index in [1.807, 2.05) is 18.2 Å². The number of nitro groups is 1. The van der Waals surface area contributed by atoms with E-state index in [1.165, 1.54) is 24.3 Å². The van der Waals surface area contributed by atoms with Crippen LogP contribution >= 0.6 is 34.5 Å². The fourth-order valence-corrected chi connectivity index (χ4v) is 3.87. The van der Waals surface area contributed by atoms with Crippen molar-refractivity contribution >= 4 is 62.9 Å². The number of non-ortho nitro benzene ring substituents is 1. The van der Waals surface area contributed by atoms with Crippen LogP contribution in [0.1, 0.15) is 20.6 Å². The SMILES string of the molecule is O=C(Nc1ccccc1)c1nnc(/C(Cl)=C/c2ccc(-c3ccc([N+](=O)[O-])cc3Cl)o2)s1. The molecule has 0 atom stereocenters. The molecular formula is C21H12Cl2N4O4S. The second-order valence-electron chi connectivity index (χ2n) is 6.35.